The maximum absolute atomic E-state index is 12.9. The van der Waals surface area contributed by atoms with E-state index in [1.54, 1.807) is 38.0 Å². The van der Waals surface area contributed by atoms with E-state index in [9.17, 15) is 9.59 Å². The first-order valence-corrected chi connectivity index (χ1v) is 7.95. The Kier molecular flexibility index (Phi) is 5.74. The predicted molar refractivity (Wildman–Crippen MR) is 95.8 cm³/mol. The van der Waals surface area contributed by atoms with Crippen molar-refractivity contribution in [2.45, 2.75) is 11.8 Å². The summed E-state index contributed by atoms with van der Waals surface area (Å²) in [5.41, 5.74) is 1.69. The van der Waals surface area contributed by atoms with Crippen LogP contribution in [0.5, 0.6) is 0 Å². The number of likely N-dealkylation sites (N-methyl/N-ethyl adjacent to an activating group) is 2. The summed E-state index contributed by atoms with van der Waals surface area (Å²) in [6.07, 6.45) is 0. The van der Waals surface area contributed by atoms with Crippen LogP contribution in [0.3, 0.4) is 0 Å². The molecule has 0 saturated heterocycles. The molecular weight excluding hydrogens is 300 g/mol. The fourth-order valence-electron chi connectivity index (χ4n) is 2.83. The third-order valence-corrected chi connectivity index (χ3v) is 4.06. The van der Waals surface area contributed by atoms with E-state index in [4.69, 9.17) is 0 Å². The number of hydrogen-bond acceptors (Lipinski definition) is 2. The van der Waals surface area contributed by atoms with Crippen molar-refractivity contribution < 1.29 is 9.59 Å². The molecule has 0 radical (unpaired) electrons. The second-order valence-electron chi connectivity index (χ2n) is 6.24. The van der Waals surface area contributed by atoms with Gasteiger partial charge in [0.1, 0.15) is 0 Å². The molecule has 0 aromatic heterocycles. The monoisotopic (exact) mass is 324 g/mol. The normalized spacial score (nSPS) is 13.0. The summed E-state index contributed by atoms with van der Waals surface area (Å²) in [7, 11) is 6.89. The highest BCUT2D eigenvalue weighted by atomic mass is 16.2. The SMILES string of the molecule is CN(C)C(=O)[C@@H](c1ccccc1)[C@@H](C(=O)N(C)C)c1ccccc1. The van der Waals surface area contributed by atoms with E-state index in [2.05, 4.69) is 0 Å². The molecule has 2 amide bonds. The van der Waals surface area contributed by atoms with Gasteiger partial charge in [-0.2, -0.15) is 0 Å². The highest BCUT2D eigenvalue weighted by molar-refractivity contribution is 5.94. The van der Waals surface area contributed by atoms with Gasteiger partial charge in [-0.25, -0.2) is 0 Å². The van der Waals surface area contributed by atoms with Crippen LogP contribution in [-0.4, -0.2) is 49.8 Å². The van der Waals surface area contributed by atoms with Crippen molar-refractivity contribution in [1.29, 1.82) is 0 Å². The van der Waals surface area contributed by atoms with Crippen LogP contribution in [-0.2, 0) is 9.59 Å². The summed E-state index contributed by atoms with van der Waals surface area (Å²) in [6, 6.07) is 19.0. The molecule has 24 heavy (non-hydrogen) atoms. The van der Waals surface area contributed by atoms with Crippen LogP contribution in [0.4, 0.5) is 0 Å². The molecule has 0 aliphatic carbocycles. The molecule has 4 nitrogen and oxygen atoms in total. The van der Waals surface area contributed by atoms with Crippen molar-refractivity contribution in [1.82, 2.24) is 9.80 Å². The molecule has 0 unspecified atom stereocenters. The second-order valence-corrected chi connectivity index (χ2v) is 6.24. The van der Waals surface area contributed by atoms with Gasteiger partial charge in [-0.3, -0.25) is 9.59 Å². The molecular formula is C20H24N2O2. The van der Waals surface area contributed by atoms with Gasteiger partial charge in [0, 0.05) is 28.2 Å². The Morgan fingerprint density at radius 1 is 0.625 bits per heavy atom. The molecule has 2 atom stereocenters. The van der Waals surface area contributed by atoms with Crippen molar-refractivity contribution in [3.63, 3.8) is 0 Å². The smallest absolute Gasteiger partial charge is 0.230 e. The van der Waals surface area contributed by atoms with E-state index in [0.717, 1.165) is 11.1 Å². The lowest BCUT2D eigenvalue weighted by Crippen LogP contribution is -2.38. The van der Waals surface area contributed by atoms with Crippen molar-refractivity contribution in [3.8, 4) is 0 Å². The molecule has 2 rings (SSSR count). The Hall–Kier alpha value is -2.62. The minimum absolute atomic E-state index is 0.0785. The molecule has 0 fully saturated rings. The fraction of sp³-hybridized carbons (Fsp3) is 0.300. The summed E-state index contributed by atoms with van der Waals surface area (Å²) in [5, 5.41) is 0. The molecule has 0 aliphatic heterocycles. The maximum Gasteiger partial charge on any atom is 0.230 e. The highest BCUT2D eigenvalue weighted by Crippen LogP contribution is 2.35. The van der Waals surface area contributed by atoms with Gasteiger partial charge in [0.15, 0.2) is 0 Å². The summed E-state index contributed by atoms with van der Waals surface area (Å²) in [6.45, 7) is 0. The first-order chi connectivity index (χ1) is 11.4. The van der Waals surface area contributed by atoms with E-state index in [0.29, 0.717) is 0 Å². The zero-order chi connectivity index (χ0) is 17.7. The van der Waals surface area contributed by atoms with Gasteiger partial charge >= 0.3 is 0 Å². The molecule has 0 aliphatic rings. The summed E-state index contributed by atoms with van der Waals surface area (Å²) >= 11 is 0. The number of benzene rings is 2. The summed E-state index contributed by atoms with van der Waals surface area (Å²) in [5.74, 6) is -1.27. The van der Waals surface area contributed by atoms with E-state index >= 15 is 0 Å². The number of hydrogen-bond donors (Lipinski definition) is 0. The highest BCUT2D eigenvalue weighted by Gasteiger charge is 2.37. The molecule has 0 saturated carbocycles. The Labute approximate surface area is 143 Å². The molecule has 0 bridgehead atoms. The lowest BCUT2D eigenvalue weighted by molar-refractivity contribution is -0.137. The molecule has 2 aromatic carbocycles. The lowest BCUT2D eigenvalue weighted by atomic mass is 9.79. The molecule has 0 N–H and O–H groups in total. The number of nitrogens with zero attached hydrogens (tertiary/aromatic N) is 2. The van der Waals surface area contributed by atoms with E-state index in [-0.39, 0.29) is 11.8 Å². The number of carbonyl (C=O) groups excluding carboxylic acids is 2. The molecule has 126 valence electrons. The quantitative estimate of drug-likeness (QED) is 0.848. The van der Waals surface area contributed by atoms with Crippen LogP contribution in [0.1, 0.15) is 23.0 Å². The zero-order valence-electron chi connectivity index (χ0n) is 14.6. The Morgan fingerprint density at radius 2 is 0.917 bits per heavy atom. The second kappa shape index (κ2) is 7.77. The standard InChI is InChI=1S/C20H24N2O2/c1-21(2)19(23)17(15-11-7-5-8-12-15)18(20(24)22(3)4)16-13-9-6-10-14-16/h5-14,17-18H,1-4H3/t17-,18-/m0/s1. The van der Waals surface area contributed by atoms with Crippen molar-refractivity contribution in [2.24, 2.45) is 0 Å². The third kappa shape index (κ3) is 3.82. The lowest BCUT2D eigenvalue weighted by Gasteiger charge is -2.30. The van der Waals surface area contributed by atoms with Crippen LogP contribution in [0.15, 0.2) is 60.7 Å². The molecule has 0 spiro atoms. The van der Waals surface area contributed by atoms with Crippen molar-refractivity contribution in [3.05, 3.63) is 71.8 Å². The Bertz CT molecular complexity index is 620. The van der Waals surface area contributed by atoms with Crippen LogP contribution >= 0.6 is 0 Å². The summed E-state index contributed by atoms with van der Waals surface area (Å²) in [4.78, 5) is 29.0. The van der Waals surface area contributed by atoms with Crippen molar-refractivity contribution in [2.75, 3.05) is 28.2 Å². The van der Waals surface area contributed by atoms with Gasteiger partial charge in [-0.05, 0) is 11.1 Å². The number of rotatable bonds is 5. The van der Waals surface area contributed by atoms with E-state index in [1.807, 2.05) is 60.7 Å². The van der Waals surface area contributed by atoms with Crippen LogP contribution in [0.2, 0.25) is 0 Å². The zero-order valence-corrected chi connectivity index (χ0v) is 14.6. The maximum atomic E-state index is 12.9. The van der Waals surface area contributed by atoms with E-state index < -0.39 is 11.8 Å². The van der Waals surface area contributed by atoms with Gasteiger partial charge in [-0.15, -0.1) is 0 Å². The van der Waals surface area contributed by atoms with Gasteiger partial charge in [0.05, 0.1) is 11.8 Å². The van der Waals surface area contributed by atoms with Crippen molar-refractivity contribution >= 4 is 11.8 Å². The average Bonchev–Trinajstić information content (AvgIpc) is 2.59. The largest absolute Gasteiger partial charge is 0.348 e. The van der Waals surface area contributed by atoms with Crippen LogP contribution in [0.25, 0.3) is 0 Å². The molecule has 2 aromatic rings. The van der Waals surface area contributed by atoms with E-state index in [1.165, 1.54) is 0 Å². The Morgan fingerprint density at radius 3 is 1.17 bits per heavy atom. The number of amides is 2. The minimum Gasteiger partial charge on any atom is -0.348 e. The van der Waals surface area contributed by atoms with Gasteiger partial charge < -0.3 is 9.80 Å². The minimum atomic E-state index is -0.557. The fourth-order valence-corrected chi connectivity index (χ4v) is 2.83. The third-order valence-electron chi connectivity index (χ3n) is 4.06. The summed E-state index contributed by atoms with van der Waals surface area (Å²) < 4.78 is 0. The molecule has 4 heteroatoms. The van der Waals surface area contributed by atoms with Crippen LogP contribution in [0, 0.1) is 0 Å². The first-order valence-electron chi connectivity index (χ1n) is 7.95. The topological polar surface area (TPSA) is 40.6 Å². The molecule has 0 heterocycles. The van der Waals surface area contributed by atoms with Gasteiger partial charge in [0.2, 0.25) is 11.8 Å². The number of carbonyl (C=O) groups is 2. The predicted octanol–water partition coefficient (Wildman–Crippen LogP) is 2.73. The Balaban J connectivity index is 2.60. The first kappa shape index (κ1) is 17.7. The average molecular weight is 324 g/mol. The van der Waals surface area contributed by atoms with Gasteiger partial charge in [-0.1, -0.05) is 60.7 Å². The van der Waals surface area contributed by atoms with Crippen LogP contribution < -0.4 is 0 Å². The van der Waals surface area contributed by atoms with Gasteiger partial charge in [0.25, 0.3) is 0 Å².